The predicted molar refractivity (Wildman–Crippen MR) is 164 cm³/mol. The number of aryl methyl sites for hydroxylation is 2. The first-order chi connectivity index (χ1) is 19.7. The molecule has 45 heteroatoms. The first kappa shape index (κ1) is 253. The fraction of sp³-hybridized carbons (Fsp3) is 0.0526. The maximum Gasteiger partial charge on any atom is 0.0402 e. The number of benzene rings is 6. The molecule has 41 radical (unpaired) electrons. The van der Waals surface area contributed by atoms with Gasteiger partial charge in [0.25, 0.3) is 0 Å². The van der Waals surface area contributed by atoms with Gasteiger partial charge in [-0.25, -0.2) is 11.4 Å². The van der Waals surface area contributed by atoms with Crippen molar-refractivity contribution < 1.29 is 1320 Å². The maximum absolute atomic E-state index is 3.38. The molecule has 0 heterocycles. The van der Waals surface area contributed by atoms with Crippen LogP contribution in [0.3, 0.4) is 0 Å². The number of hydrogen-bond donors (Lipinski definition) is 0. The molecule has 0 aliphatic carbocycles. The molecule has 2 nitrogen and oxygen atoms in total. The van der Waals surface area contributed by atoms with Crippen LogP contribution in [-0.4, -0.2) is 0 Å². The smallest absolute Gasteiger partial charge is 0.0402 e. The number of rotatable bonds is 7. The number of nitrogens with zero attached hydrogens (tertiary/aromatic N) is 2. The second-order valence-electron chi connectivity index (χ2n) is 9.62. The third-order valence-corrected chi connectivity index (χ3v) is 6.70. The van der Waals surface area contributed by atoms with Crippen molar-refractivity contribution >= 4 is 34.1 Å². The summed E-state index contributed by atoms with van der Waals surface area (Å²) in [7, 11) is 0. The van der Waals surface area contributed by atoms with Crippen LogP contribution in [0.4, 0.5) is 34.1 Å². The molecule has 0 saturated heterocycles. The van der Waals surface area contributed by atoms with Gasteiger partial charge in [0.2, 0.25) is 0 Å². The van der Waals surface area contributed by atoms with Crippen LogP contribution in [0.25, 0.3) is 11.1 Å². The second-order valence-corrected chi connectivity index (χ2v) is 9.62. The predicted octanol–water partition coefficient (Wildman–Crippen LogP) is 9.61. The summed E-state index contributed by atoms with van der Waals surface area (Å²) in [6.45, 7) is 4.10. The first-order valence-corrected chi connectivity index (χ1v) is 13.2. The molecule has 329 valence electrons. The zero-order valence-electron chi connectivity index (χ0n) is 47.1. The Morgan fingerprint density at radius 2 is 0.373 bits per heavy atom. The van der Waals surface area contributed by atoms with Crippen LogP contribution in [0.1, 0.15) is 11.1 Å². The summed E-state index contributed by atoms with van der Waals surface area (Å²) >= 11 is 0. The second kappa shape index (κ2) is 169. The molecule has 6 aromatic carbocycles. The van der Waals surface area contributed by atoms with Crippen LogP contribution < -0.4 is 9.80 Å². The third-order valence-electron chi connectivity index (χ3n) is 6.70. The number of anilines is 6. The Balaban J connectivity index is -0.0000000131. The monoisotopic (exact) mass is 4890 g/mol. The Labute approximate surface area is 1500 Å². The van der Waals surface area contributed by atoms with Gasteiger partial charge in [0.05, 0.1) is 0 Å². The maximum atomic E-state index is 3.38. The quantitative estimate of drug-likeness (QED) is 0.147. The molecule has 0 unspecified atom stereocenters. The van der Waals surface area contributed by atoms with E-state index in [1.54, 1.807) is 0 Å². The van der Waals surface area contributed by atoms with Gasteiger partial charge in [-0.2, -0.15) is 36.4 Å². The van der Waals surface area contributed by atoms with E-state index in [0.717, 1.165) is 56.4 Å². The Morgan fingerprint density at radius 3 is 0.530 bits per heavy atom. The summed E-state index contributed by atoms with van der Waals surface area (Å²) in [5, 5.41) is 0. The first-order valence-electron chi connectivity index (χ1n) is 13.2. The van der Waals surface area contributed by atoms with E-state index in [0.29, 0.717) is 0 Å². The Morgan fingerprint density at radius 1 is 0.229 bits per heavy atom. The molecule has 0 saturated carbocycles. The molecule has 0 aliphatic heterocycles. The third kappa shape index (κ3) is 112. The molecule has 0 N–H and O–H groups in total. The minimum atomic E-state index is 0. The molecule has 83 heavy (non-hydrogen) atoms. The van der Waals surface area contributed by atoms with Gasteiger partial charge < -0.3 is 34.1 Å². The molecule has 0 spiro atoms. The van der Waals surface area contributed by atoms with E-state index < -0.39 is 0 Å². The molecule has 0 atom stereocenters. The van der Waals surface area contributed by atoms with Crippen molar-refractivity contribution in [3.05, 3.63) is 169 Å². The van der Waals surface area contributed by atoms with E-state index in [1.165, 1.54) is 0 Å². The van der Waals surface area contributed by atoms with E-state index in [9.17, 15) is 0 Å². The van der Waals surface area contributed by atoms with E-state index in [2.05, 4.69) is 94.7 Å². The minimum Gasteiger partial charge on any atom is -0.382 e. The molecule has 0 fully saturated rings. The molecular weight excluding hydrogens is 4860 g/mol. The van der Waals surface area contributed by atoms with E-state index >= 15 is 0 Å². The summed E-state index contributed by atoms with van der Waals surface area (Å²) < 4.78 is 0. The van der Waals surface area contributed by atoms with Gasteiger partial charge in [-0.05, 0) is 35.4 Å². The van der Waals surface area contributed by atoms with Gasteiger partial charge in [0.1, 0.15) is 0 Å². The van der Waals surface area contributed by atoms with Crippen molar-refractivity contribution in [3.63, 3.8) is 0 Å². The average molecular weight is 4880 g/mol. The molecule has 6 rings (SSSR count). The van der Waals surface area contributed by atoms with Gasteiger partial charge in [0, 0.05) is 1330 Å². The van der Waals surface area contributed by atoms with Gasteiger partial charge in [0.15, 0.2) is 0 Å². The van der Waals surface area contributed by atoms with E-state index in [4.69, 9.17) is 0 Å². The Kier molecular flexibility index (Phi) is 516. The zero-order valence-corrected chi connectivity index (χ0v) is 176. The van der Waals surface area contributed by atoms with Crippen LogP contribution >= 0.6 is 0 Å². The van der Waals surface area contributed by atoms with E-state index in [-0.39, 0.29) is 1320 Å². The van der Waals surface area contributed by atoms with Crippen LogP contribution in [0.2, 0.25) is 0 Å². The van der Waals surface area contributed by atoms with Crippen molar-refractivity contribution in [2.24, 2.45) is 0 Å². The number of hydrogen-bond acceptors (Lipinski definition) is 2. The molecular formula is C38H26N2Re2Rf2Y39-6. The summed E-state index contributed by atoms with van der Waals surface area (Å²) in [5.74, 6) is 0. The largest absolute Gasteiger partial charge is 0.382 e. The van der Waals surface area contributed by atoms with Crippen LogP contribution in [-0.2, 0) is 1320 Å². The topological polar surface area (TPSA) is 6.48 Å². The zero-order chi connectivity index (χ0) is 27.3. The van der Waals surface area contributed by atoms with Gasteiger partial charge in [-0.15, -0.1) is 38.1 Å². The van der Waals surface area contributed by atoms with Crippen molar-refractivity contribution in [1.29, 1.82) is 0 Å². The minimum absolute atomic E-state index is 0. The van der Waals surface area contributed by atoms with E-state index in [1.807, 2.05) is 86.6 Å². The summed E-state index contributed by atoms with van der Waals surface area (Å²) in [5.41, 5.74) is 10.4. The SMILES string of the molecule is Cc1c[c-]c(N(c2cc[c-]cc2)c2ccc(-c3ccc(N(c4[c-]cc(C)c[c-]4)c4cc[c-]cc4)cc3)cc2)[c-]c1.[Re].[Re].[Rf].[Rf].[Y].[Y].[Y].[Y].[Y].[Y].[Y].[Y].[Y].[Y].[Y].[Y].[Y].[Y].[Y].[Y].[Y].[Y].[Y].[Y].[Y].[Y].[Y].[Y].[Y].[Y].[Y].[Y].[Y].[Y].[Y].[Y].[Y].[Y].[Y].[Y].[Y].[Y].[Y]. The Bertz CT molecular complexity index is 1630. The van der Waals surface area contributed by atoms with Crippen molar-refractivity contribution in [2.75, 3.05) is 9.80 Å². The van der Waals surface area contributed by atoms with Gasteiger partial charge >= 0.3 is 0 Å². The fourth-order valence-electron chi connectivity index (χ4n) is 4.63. The molecule has 0 aromatic heterocycles. The summed E-state index contributed by atoms with van der Waals surface area (Å²) in [4.78, 5) is 4.31. The van der Waals surface area contributed by atoms with Gasteiger partial charge in [-0.3, -0.25) is 35.4 Å². The van der Waals surface area contributed by atoms with Crippen molar-refractivity contribution in [2.45, 2.75) is 13.8 Å². The summed E-state index contributed by atoms with van der Waals surface area (Å²) in [6.07, 6.45) is 0. The fourth-order valence-corrected chi connectivity index (χ4v) is 4.63. The molecule has 0 amide bonds. The molecule has 0 aliphatic rings. The van der Waals surface area contributed by atoms with Crippen LogP contribution in [0.5, 0.6) is 0 Å². The van der Waals surface area contributed by atoms with Crippen LogP contribution in [0, 0.1) is 50.2 Å². The Hall–Kier alpha value is 37.3. The molecule has 6 aromatic rings. The normalized spacial score (nSPS) is 5.18. The summed E-state index contributed by atoms with van der Waals surface area (Å²) in [6, 6.07) is 60.8. The van der Waals surface area contributed by atoms with Crippen molar-refractivity contribution in [3.8, 4) is 11.1 Å². The standard InChI is InChI=1S/C38H26N2.2Re.2Rf.39Y/c1-29-13-21-35(22-14-29)39(33-9-5-3-6-10-33)37-25-17-31(18-26-37)32-19-27-38(28-20-32)40(34-11-7-4-8-12-34)36-23-15-30(2)16-24-36;;;;;;;;;;;;;;;;;;;;;;;;;;;;;;;;;;;;;;;;;;;/h5-20,25-28H,1-2H3;;;;;;;;;;;;;;;;;;;;;;;;;;;;;;;;;;;;;;;;;;;/q-6;;;;;;;;;;;;;;;;;;;;;;;;;;;;;;;;;;;;;;;;;;;. The van der Waals surface area contributed by atoms with Gasteiger partial charge in [-0.1, -0.05) is 35.6 Å². The molecule has 0 bridgehead atoms. The van der Waals surface area contributed by atoms with Crippen LogP contribution in [0.15, 0.2) is 121 Å². The average Bonchev–Trinajstić information content (AvgIpc) is 3.01. The van der Waals surface area contributed by atoms with Crippen molar-refractivity contribution in [1.82, 2.24) is 0 Å².